The quantitative estimate of drug-likeness (QED) is 0.289. The minimum absolute atomic E-state index is 0. The molecule has 0 atom stereocenters. The summed E-state index contributed by atoms with van der Waals surface area (Å²) < 4.78 is 0. The first-order valence-electron chi connectivity index (χ1n) is 1.96. The van der Waals surface area contributed by atoms with E-state index in [1.165, 1.54) is 0 Å². The van der Waals surface area contributed by atoms with Crippen LogP contribution >= 0.6 is 12.4 Å². The van der Waals surface area contributed by atoms with Gasteiger partial charge in [-0.1, -0.05) is 0 Å². The topological polar surface area (TPSA) is 82.1 Å². The molecule has 0 aromatic rings. The van der Waals surface area contributed by atoms with Gasteiger partial charge in [0.05, 0.1) is 6.61 Å². The van der Waals surface area contributed by atoms with Gasteiger partial charge in [-0.3, -0.25) is 5.41 Å². The molecular formula is C3H10ClN3O. The monoisotopic (exact) mass is 139 g/mol. The van der Waals surface area contributed by atoms with Gasteiger partial charge >= 0.3 is 0 Å². The van der Waals surface area contributed by atoms with Crippen molar-refractivity contribution in [1.82, 2.24) is 5.32 Å². The molecule has 0 spiro atoms. The van der Waals surface area contributed by atoms with Crippen molar-refractivity contribution in [3.8, 4) is 0 Å². The van der Waals surface area contributed by atoms with Crippen molar-refractivity contribution in [3.05, 3.63) is 0 Å². The molecule has 0 saturated heterocycles. The fourth-order valence-corrected chi connectivity index (χ4v) is 0.191. The van der Waals surface area contributed by atoms with Crippen molar-refractivity contribution in [2.75, 3.05) is 13.2 Å². The molecule has 0 aliphatic heterocycles. The molecule has 0 radical (unpaired) electrons. The number of guanidine groups is 1. The van der Waals surface area contributed by atoms with Gasteiger partial charge in [0.15, 0.2) is 5.96 Å². The van der Waals surface area contributed by atoms with Gasteiger partial charge in [-0.2, -0.15) is 0 Å². The number of hydrogen-bond acceptors (Lipinski definition) is 2. The molecule has 0 aliphatic rings. The molecular weight excluding hydrogens is 130 g/mol. The van der Waals surface area contributed by atoms with Crippen LogP contribution in [0.5, 0.6) is 0 Å². The Morgan fingerprint density at radius 1 is 1.75 bits per heavy atom. The van der Waals surface area contributed by atoms with Crippen LogP contribution in [0.1, 0.15) is 0 Å². The number of halogens is 1. The Labute approximate surface area is 54.0 Å². The molecule has 4 nitrogen and oxygen atoms in total. The lowest BCUT2D eigenvalue weighted by Gasteiger charge is -1.96. The van der Waals surface area contributed by atoms with E-state index < -0.39 is 0 Å². The second-order valence-electron chi connectivity index (χ2n) is 1.06. The highest BCUT2D eigenvalue weighted by Crippen LogP contribution is 1.50. The highest BCUT2D eigenvalue weighted by atomic mass is 35.5. The van der Waals surface area contributed by atoms with E-state index in [1.807, 2.05) is 0 Å². The molecule has 0 rings (SSSR count). The molecule has 0 heterocycles. The summed E-state index contributed by atoms with van der Waals surface area (Å²) in [5.41, 5.74) is 4.84. The van der Waals surface area contributed by atoms with E-state index in [0.717, 1.165) is 0 Å². The minimum Gasteiger partial charge on any atom is -0.395 e. The highest BCUT2D eigenvalue weighted by molar-refractivity contribution is 5.85. The van der Waals surface area contributed by atoms with Crippen molar-refractivity contribution in [2.24, 2.45) is 5.73 Å². The molecule has 0 fully saturated rings. The standard InChI is InChI=1S/C3H9N3O.ClH/c4-3(5)6-1-2-7;/h7H,1-2H2,(H4,4,5,6);1H. The van der Waals surface area contributed by atoms with Crippen molar-refractivity contribution in [3.63, 3.8) is 0 Å². The molecule has 0 amide bonds. The third-order valence-electron chi connectivity index (χ3n) is 0.427. The first kappa shape index (κ1) is 10.5. The van der Waals surface area contributed by atoms with Crippen LogP contribution in [-0.2, 0) is 0 Å². The summed E-state index contributed by atoms with van der Waals surface area (Å²) in [5.74, 6) is -0.103. The van der Waals surface area contributed by atoms with E-state index in [-0.39, 0.29) is 25.0 Å². The average Bonchev–Trinajstić information content (AvgIpc) is 1.61. The van der Waals surface area contributed by atoms with Gasteiger partial charge in [0.1, 0.15) is 0 Å². The number of nitrogens with two attached hydrogens (primary N) is 1. The fraction of sp³-hybridized carbons (Fsp3) is 0.667. The fourth-order valence-electron chi connectivity index (χ4n) is 0.191. The molecule has 5 N–H and O–H groups in total. The van der Waals surface area contributed by atoms with Crippen LogP contribution in [-0.4, -0.2) is 24.2 Å². The first-order valence-corrected chi connectivity index (χ1v) is 1.96. The van der Waals surface area contributed by atoms with Crippen LogP contribution in [0.25, 0.3) is 0 Å². The summed E-state index contributed by atoms with van der Waals surface area (Å²) in [6, 6.07) is 0. The van der Waals surface area contributed by atoms with Gasteiger partial charge in [0.2, 0.25) is 0 Å². The lowest BCUT2D eigenvalue weighted by molar-refractivity contribution is 0.300. The van der Waals surface area contributed by atoms with Gasteiger partial charge in [0, 0.05) is 6.54 Å². The zero-order valence-corrected chi connectivity index (χ0v) is 5.16. The van der Waals surface area contributed by atoms with Crippen LogP contribution in [0.4, 0.5) is 0 Å². The van der Waals surface area contributed by atoms with Crippen molar-refractivity contribution >= 4 is 18.4 Å². The van der Waals surface area contributed by atoms with E-state index in [1.54, 1.807) is 0 Å². The predicted molar refractivity (Wildman–Crippen MR) is 34.3 cm³/mol. The third kappa shape index (κ3) is 9.10. The highest BCUT2D eigenvalue weighted by Gasteiger charge is 1.79. The zero-order valence-electron chi connectivity index (χ0n) is 4.35. The second-order valence-corrected chi connectivity index (χ2v) is 1.06. The average molecular weight is 140 g/mol. The lowest BCUT2D eigenvalue weighted by Crippen LogP contribution is -2.32. The number of hydrogen-bond donors (Lipinski definition) is 4. The second kappa shape index (κ2) is 6.52. The number of aliphatic hydroxyl groups is 1. The summed E-state index contributed by atoms with van der Waals surface area (Å²) >= 11 is 0. The molecule has 0 bridgehead atoms. The maximum Gasteiger partial charge on any atom is 0.185 e. The van der Waals surface area contributed by atoms with Crippen LogP contribution < -0.4 is 11.1 Å². The Bertz CT molecular complexity index is 67.5. The molecule has 5 heteroatoms. The van der Waals surface area contributed by atoms with Gasteiger partial charge < -0.3 is 16.2 Å². The van der Waals surface area contributed by atoms with Gasteiger partial charge in [0.25, 0.3) is 0 Å². The lowest BCUT2D eigenvalue weighted by atomic mass is 10.7. The molecule has 0 saturated carbocycles. The molecule has 50 valence electrons. The maximum absolute atomic E-state index is 8.10. The first-order chi connectivity index (χ1) is 3.27. The van der Waals surface area contributed by atoms with E-state index in [2.05, 4.69) is 5.32 Å². The van der Waals surface area contributed by atoms with Crippen LogP contribution in [0.3, 0.4) is 0 Å². The Balaban J connectivity index is 0. The molecule has 0 aliphatic carbocycles. The Hall–Kier alpha value is -0.480. The van der Waals surface area contributed by atoms with Crippen LogP contribution in [0, 0.1) is 5.41 Å². The predicted octanol–water partition coefficient (Wildman–Crippen LogP) is -1.12. The summed E-state index contributed by atoms with van der Waals surface area (Å²) in [7, 11) is 0. The van der Waals surface area contributed by atoms with Gasteiger partial charge in [-0.05, 0) is 0 Å². The van der Waals surface area contributed by atoms with E-state index >= 15 is 0 Å². The van der Waals surface area contributed by atoms with E-state index in [9.17, 15) is 0 Å². The van der Waals surface area contributed by atoms with Gasteiger partial charge in [-0.15, -0.1) is 12.4 Å². The Morgan fingerprint density at radius 3 is 2.38 bits per heavy atom. The minimum atomic E-state index is -0.103. The largest absolute Gasteiger partial charge is 0.395 e. The smallest absolute Gasteiger partial charge is 0.185 e. The van der Waals surface area contributed by atoms with Crippen molar-refractivity contribution in [2.45, 2.75) is 0 Å². The number of rotatable bonds is 2. The van der Waals surface area contributed by atoms with E-state index in [0.29, 0.717) is 6.54 Å². The third-order valence-corrected chi connectivity index (χ3v) is 0.427. The molecule has 0 aromatic heterocycles. The summed E-state index contributed by atoms with van der Waals surface area (Å²) in [6.45, 7) is 0.370. The normalized spacial score (nSPS) is 7.12. The summed E-state index contributed by atoms with van der Waals surface area (Å²) in [6.07, 6.45) is 0. The van der Waals surface area contributed by atoms with E-state index in [4.69, 9.17) is 16.2 Å². The summed E-state index contributed by atoms with van der Waals surface area (Å²) in [4.78, 5) is 0. The van der Waals surface area contributed by atoms with Crippen LogP contribution in [0.2, 0.25) is 0 Å². The molecule has 0 aromatic carbocycles. The Morgan fingerprint density at radius 2 is 2.25 bits per heavy atom. The zero-order chi connectivity index (χ0) is 5.70. The van der Waals surface area contributed by atoms with Crippen molar-refractivity contribution in [1.29, 1.82) is 5.41 Å². The van der Waals surface area contributed by atoms with Gasteiger partial charge in [-0.25, -0.2) is 0 Å². The Kier molecular flexibility index (Phi) is 8.55. The molecule has 0 unspecified atom stereocenters. The van der Waals surface area contributed by atoms with Crippen molar-refractivity contribution < 1.29 is 5.11 Å². The number of aliphatic hydroxyl groups excluding tert-OH is 1. The molecule has 8 heavy (non-hydrogen) atoms. The number of nitrogens with one attached hydrogen (secondary N) is 2. The maximum atomic E-state index is 8.10. The van der Waals surface area contributed by atoms with Crippen LogP contribution in [0.15, 0.2) is 0 Å². The summed E-state index contributed by atoms with van der Waals surface area (Å²) in [5, 5.41) is 17.1. The SMILES string of the molecule is Cl.N=C(N)NCCO.